The summed E-state index contributed by atoms with van der Waals surface area (Å²) in [6.45, 7) is 2.16. The molecule has 1 aromatic heterocycles. The van der Waals surface area contributed by atoms with Crippen LogP contribution in [-0.2, 0) is 6.42 Å². The standard InChI is InChI=1S/C41H28N2O/c1-2-40-42-36-14-4-5-15-37(36)43(40)31-10-7-9-26(25-31)27-17-18-29-24-30(20-19-28(29)23-27)32-21-22-39-41-34(32)12-8-13-35(41)33-11-3-6-16-38(33)44-39/h3-25H,2H2,1H3. The van der Waals surface area contributed by atoms with E-state index in [1.165, 1.54) is 49.4 Å². The first-order valence-electron chi connectivity index (χ1n) is 15.2. The molecule has 0 bridgehead atoms. The average Bonchev–Trinajstić information content (AvgIpc) is 3.47. The third-order valence-electron chi connectivity index (χ3n) is 8.93. The molecule has 208 valence electrons. The van der Waals surface area contributed by atoms with E-state index >= 15 is 0 Å². The number of rotatable bonds is 4. The molecule has 0 atom stereocenters. The molecule has 0 amide bonds. The monoisotopic (exact) mass is 564 g/mol. The lowest BCUT2D eigenvalue weighted by Gasteiger charge is -2.22. The van der Waals surface area contributed by atoms with Crippen molar-refractivity contribution in [2.24, 2.45) is 0 Å². The zero-order valence-electron chi connectivity index (χ0n) is 24.3. The van der Waals surface area contributed by atoms with E-state index in [0.29, 0.717) is 0 Å². The van der Waals surface area contributed by atoms with Crippen LogP contribution < -0.4 is 4.74 Å². The highest BCUT2D eigenvalue weighted by molar-refractivity contribution is 6.10. The number of benzene rings is 7. The molecule has 0 saturated carbocycles. The Morgan fingerprint density at radius 2 is 1.32 bits per heavy atom. The van der Waals surface area contributed by atoms with Gasteiger partial charge >= 0.3 is 0 Å². The third kappa shape index (κ3) is 3.79. The van der Waals surface area contributed by atoms with Crippen LogP contribution in [-0.4, -0.2) is 9.55 Å². The van der Waals surface area contributed by atoms with E-state index in [1.54, 1.807) is 0 Å². The summed E-state index contributed by atoms with van der Waals surface area (Å²) < 4.78 is 8.61. The van der Waals surface area contributed by atoms with Gasteiger partial charge in [-0.3, -0.25) is 4.57 Å². The Hall–Kier alpha value is -5.67. The minimum absolute atomic E-state index is 0.872. The van der Waals surface area contributed by atoms with E-state index in [2.05, 4.69) is 139 Å². The van der Waals surface area contributed by atoms with Gasteiger partial charge in [0, 0.05) is 23.1 Å². The van der Waals surface area contributed by atoms with Crippen LogP contribution in [0.5, 0.6) is 11.5 Å². The number of ether oxygens (including phenoxy) is 1. The van der Waals surface area contributed by atoms with Crippen molar-refractivity contribution >= 4 is 32.6 Å². The summed E-state index contributed by atoms with van der Waals surface area (Å²) in [5, 5.41) is 4.83. The molecule has 0 aliphatic carbocycles. The molecule has 1 aliphatic rings. The maximum atomic E-state index is 6.33. The molecule has 2 heterocycles. The van der Waals surface area contributed by atoms with Crippen LogP contribution in [0.3, 0.4) is 0 Å². The molecule has 8 aromatic rings. The number of fused-ring (bicyclic) bond motifs is 4. The molecule has 7 aromatic carbocycles. The number of hydrogen-bond acceptors (Lipinski definition) is 2. The van der Waals surface area contributed by atoms with E-state index in [0.717, 1.165) is 46.0 Å². The van der Waals surface area contributed by atoms with Gasteiger partial charge in [-0.05, 0) is 92.5 Å². The van der Waals surface area contributed by atoms with Gasteiger partial charge in [0.05, 0.1) is 11.0 Å². The van der Waals surface area contributed by atoms with Crippen molar-refractivity contribution in [1.82, 2.24) is 9.55 Å². The van der Waals surface area contributed by atoms with Gasteiger partial charge in [-0.15, -0.1) is 0 Å². The summed E-state index contributed by atoms with van der Waals surface area (Å²) in [4.78, 5) is 4.89. The second-order valence-corrected chi connectivity index (χ2v) is 11.5. The van der Waals surface area contributed by atoms with Crippen molar-refractivity contribution < 1.29 is 4.74 Å². The van der Waals surface area contributed by atoms with Gasteiger partial charge in [-0.1, -0.05) is 97.9 Å². The Morgan fingerprint density at radius 1 is 0.568 bits per heavy atom. The molecule has 0 radical (unpaired) electrons. The van der Waals surface area contributed by atoms with E-state index in [9.17, 15) is 0 Å². The largest absolute Gasteiger partial charge is 0.456 e. The van der Waals surface area contributed by atoms with Crippen LogP contribution in [0.4, 0.5) is 0 Å². The zero-order valence-corrected chi connectivity index (χ0v) is 24.3. The first kappa shape index (κ1) is 24.9. The Bertz CT molecular complexity index is 2420. The molecular weight excluding hydrogens is 536 g/mol. The summed E-state index contributed by atoms with van der Waals surface area (Å²) in [5.74, 6) is 2.90. The van der Waals surface area contributed by atoms with Gasteiger partial charge in [0.15, 0.2) is 0 Å². The Balaban J connectivity index is 1.12. The highest BCUT2D eigenvalue weighted by Gasteiger charge is 2.21. The Morgan fingerprint density at radius 3 is 2.23 bits per heavy atom. The van der Waals surface area contributed by atoms with Crippen molar-refractivity contribution in [3.8, 4) is 50.6 Å². The number of aryl methyl sites for hydroxylation is 1. The summed E-state index contributed by atoms with van der Waals surface area (Å²) in [6.07, 6.45) is 0.872. The Kier molecular flexibility index (Phi) is 5.48. The Labute approximate surface area is 255 Å². The number of aromatic nitrogens is 2. The molecule has 0 N–H and O–H groups in total. The molecule has 0 spiro atoms. The highest BCUT2D eigenvalue weighted by atomic mass is 16.5. The van der Waals surface area contributed by atoms with Crippen LogP contribution >= 0.6 is 0 Å². The summed E-state index contributed by atoms with van der Waals surface area (Å²) in [7, 11) is 0. The predicted octanol–water partition coefficient (Wildman–Crippen LogP) is 11.0. The van der Waals surface area contributed by atoms with Gasteiger partial charge in [-0.2, -0.15) is 0 Å². The van der Waals surface area contributed by atoms with Crippen LogP contribution in [0.15, 0.2) is 140 Å². The second-order valence-electron chi connectivity index (χ2n) is 11.5. The second kappa shape index (κ2) is 9.68. The molecule has 1 aliphatic heterocycles. The SMILES string of the molecule is CCc1nc2ccccc2n1-c1cccc(-c2ccc3cc(-c4ccc5c6c(cccc46)-c4ccccc4O5)ccc3c2)c1. The molecule has 0 unspecified atom stereocenters. The van der Waals surface area contributed by atoms with Crippen molar-refractivity contribution in [3.05, 3.63) is 145 Å². The van der Waals surface area contributed by atoms with Crippen LogP contribution in [0.2, 0.25) is 0 Å². The lowest BCUT2D eigenvalue weighted by Crippen LogP contribution is -2.00. The first-order chi connectivity index (χ1) is 21.7. The van der Waals surface area contributed by atoms with E-state index in [4.69, 9.17) is 9.72 Å². The lowest BCUT2D eigenvalue weighted by atomic mass is 9.90. The number of imidazole rings is 1. The maximum Gasteiger partial charge on any atom is 0.135 e. The van der Waals surface area contributed by atoms with Crippen LogP contribution in [0, 0.1) is 0 Å². The van der Waals surface area contributed by atoms with Crippen molar-refractivity contribution in [2.45, 2.75) is 13.3 Å². The van der Waals surface area contributed by atoms with Crippen molar-refractivity contribution in [3.63, 3.8) is 0 Å². The average molecular weight is 565 g/mol. The van der Waals surface area contributed by atoms with E-state index < -0.39 is 0 Å². The van der Waals surface area contributed by atoms with Crippen LogP contribution in [0.1, 0.15) is 12.7 Å². The lowest BCUT2D eigenvalue weighted by molar-refractivity contribution is 0.487. The minimum atomic E-state index is 0.872. The quantitative estimate of drug-likeness (QED) is 0.213. The van der Waals surface area contributed by atoms with Crippen molar-refractivity contribution in [2.75, 3.05) is 0 Å². The fourth-order valence-electron chi connectivity index (χ4n) is 6.85. The minimum Gasteiger partial charge on any atom is -0.456 e. The number of nitrogens with zero attached hydrogens (tertiary/aromatic N) is 2. The first-order valence-corrected chi connectivity index (χ1v) is 15.2. The molecule has 3 heteroatoms. The van der Waals surface area contributed by atoms with E-state index in [-0.39, 0.29) is 0 Å². The number of hydrogen-bond donors (Lipinski definition) is 0. The van der Waals surface area contributed by atoms with Crippen LogP contribution in [0.25, 0.3) is 71.6 Å². The summed E-state index contributed by atoms with van der Waals surface area (Å²) in [5.41, 5.74) is 10.5. The molecular formula is C41H28N2O. The van der Waals surface area contributed by atoms with E-state index in [1.807, 2.05) is 12.1 Å². The smallest absolute Gasteiger partial charge is 0.135 e. The fraction of sp³-hybridized carbons (Fsp3) is 0.0488. The fourth-order valence-corrected chi connectivity index (χ4v) is 6.85. The predicted molar refractivity (Wildman–Crippen MR) is 182 cm³/mol. The van der Waals surface area contributed by atoms with Crippen molar-refractivity contribution in [1.29, 1.82) is 0 Å². The molecule has 0 saturated heterocycles. The van der Waals surface area contributed by atoms with Gasteiger partial charge < -0.3 is 4.74 Å². The summed E-state index contributed by atoms with van der Waals surface area (Å²) >= 11 is 0. The maximum absolute atomic E-state index is 6.33. The topological polar surface area (TPSA) is 27.1 Å². The number of para-hydroxylation sites is 3. The molecule has 0 fully saturated rings. The molecule has 9 rings (SSSR count). The van der Waals surface area contributed by atoms with Gasteiger partial charge in [0.25, 0.3) is 0 Å². The van der Waals surface area contributed by atoms with Gasteiger partial charge in [-0.25, -0.2) is 4.98 Å². The van der Waals surface area contributed by atoms with Gasteiger partial charge in [0.1, 0.15) is 17.3 Å². The normalized spacial score (nSPS) is 12.0. The molecule has 44 heavy (non-hydrogen) atoms. The zero-order chi connectivity index (χ0) is 29.2. The highest BCUT2D eigenvalue weighted by Crippen LogP contribution is 2.48. The molecule has 3 nitrogen and oxygen atoms in total. The third-order valence-corrected chi connectivity index (χ3v) is 8.93. The summed E-state index contributed by atoms with van der Waals surface area (Å²) in [6, 6.07) is 49.9. The van der Waals surface area contributed by atoms with Gasteiger partial charge in [0.2, 0.25) is 0 Å².